The van der Waals surface area contributed by atoms with Gasteiger partial charge in [0.1, 0.15) is 0 Å². The third kappa shape index (κ3) is 37.9. The largest absolute Gasteiger partial charge is 0.387 e. The maximum absolute atomic E-state index is 12.5. The van der Waals surface area contributed by atoms with Gasteiger partial charge in [0.25, 0.3) is 10.1 Å². The van der Waals surface area contributed by atoms with Crippen LogP contribution in [-0.4, -0.2) is 41.9 Å². The Hall–Kier alpha value is -1.18. The first-order chi connectivity index (χ1) is 23.8. The van der Waals surface area contributed by atoms with Gasteiger partial charge in [-0.2, -0.15) is 8.42 Å². The highest BCUT2D eigenvalue weighted by atomic mass is 32.2. The van der Waals surface area contributed by atoms with Crippen molar-refractivity contribution < 1.29 is 22.9 Å². The van der Waals surface area contributed by atoms with Crippen LogP contribution in [0.3, 0.4) is 0 Å². The molecule has 2 unspecified atom stereocenters. The van der Waals surface area contributed by atoms with E-state index in [0.29, 0.717) is 6.42 Å². The van der Waals surface area contributed by atoms with E-state index in [1.165, 1.54) is 161 Å². The molecule has 0 aromatic heterocycles. The Morgan fingerprint density at radius 1 is 0.531 bits per heavy atom. The average Bonchev–Trinajstić information content (AvgIpc) is 3.06. The fourth-order valence-electron chi connectivity index (χ4n) is 6.44. The predicted molar refractivity (Wildman–Crippen MR) is 212 cm³/mol. The number of hydrogen-bond donors (Lipinski definition) is 3. The van der Waals surface area contributed by atoms with E-state index in [-0.39, 0.29) is 5.91 Å². The SMILES string of the molecule is CCCCCCCCCC/C=C\CCCCCCCCCCCC(=O)NC(CS(=O)(=O)O)C(O)/C=C/CCCCCCCCCCCCC. The summed E-state index contributed by atoms with van der Waals surface area (Å²) in [5.41, 5.74) is 0. The molecular weight excluding hydrogens is 631 g/mol. The summed E-state index contributed by atoms with van der Waals surface area (Å²) in [6.45, 7) is 4.52. The van der Waals surface area contributed by atoms with Crippen LogP contribution in [0.2, 0.25) is 0 Å². The van der Waals surface area contributed by atoms with Crippen molar-refractivity contribution in [2.45, 2.75) is 231 Å². The van der Waals surface area contributed by atoms with Gasteiger partial charge in [0.2, 0.25) is 5.91 Å². The summed E-state index contributed by atoms with van der Waals surface area (Å²) in [5.74, 6) is -0.975. The number of hydrogen-bond acceptors (Lipinski definition) is 4. The second kappa shape index (κ2) is 36.6. The van der Waals surface area contributed by atoms with Crippen molar-refractivity contribution >= 4 is 16.0 Å². The molecule has 1 amide bonds. The molecule has 0 aromatic rings. The van der Waals surface area contributed by atoms with Gasteiger partial charge in [0.05, 0.1) is 17.9 Å². The lowest BCUT2D eigenvalue weighted by atomic mass is 10.0. The van der Waals surface area contributed by atoms with Crippen molar-refractivity contribution in [2.75, 3.05) is 5.75 Å². The fourth-order valence-corrected chi connectivity index (χ4v) is 7.18. The van der Waals surface area contributed by atoms with E-state index in [1.54, 1.807) is 6.08 Å². The van der Waals surface area contributed by atoms with Crippen LogP contribution in [0, 0.1) is 0 Å². The molecule has 0 radical (unpaired) electrons. The van der Waals surface area contributed by atoms with E-state index in [1.807, 2.05) is 6.08 Å². The summed E-state index contributed by atoms with van der Waals surface area (Å²) < 4.78 is 32.4. The molecular formula is C42H81NO5S. The van der Waals surface area contributed by atoms with Crippen LogP contribution >= 0.6 is 0 Å². The Kier molecular flexibility index (Phi) is 35.7. The van der Waals surface area contributed by atoms with E-state index < -0.39 is 28.0 Å². The molecule has 0 saturated carbocycles. The van der Waals surface area contributed by atoms with Gasteiger partial charge in [-0.25, -0.2) is 0 Å². The molecule has 0 heterocycles. The number of rotatable bonds is 38. The van der Waals surface area contributed by atoms with Crippen LogP contribution in [0.25, 0.3) is 0 Å². The van der Waals surface area contributed by atoms with E-state index in [0.717, 1.165) is 38.5 Å². The summed E-state index contributed by atoms with van der Waals surface area (Å²) in [6.07, 6.45) is 45.9. The summed E-state index contributed by atoms with van der Waals surface area (Å²) in [7, 11) is -4.34. The lowest BCUT2D eigenvalue weighted by molar-refractivity contribution is -0.122. The average molecular weight is 712 g/mol. The number of carbonyl (C=O) groups excluding carboxylic acids is 1. The molecule has 0 aliphatic rings. The van der Waals surface area contributed by atoms with Crippen LogP contribution in [0.15, 0.2) is 24.3 Å². The van der Waals surface area contributed by atoms with Crippen molar-refractivity contribution in [2.24, 2.45) is 0 Å². The molecule has 0 fully saturated rings. The Balaban J connectivity index is 3.85. The molecule has 0 rings (SSSR count). The van der Waals surface area contributed by atoms with Crippen LogP contribution in [0.1, 0.15) is 219 Å². The van der Waals surface area contributed by atoms with Crippen molar-refractivity contribution in [3.05, 3.63) is 24.3 Å². The predicted octanol–water partition coefficient (Wildman–Crippen LogP) is 12.4. The maximum atomic E-state index is 12.5. The topological polar surface area (TPSA) is 104 Å². The van der Waals surface area contributed by atoms with Gasteiger partial charge in [-0.05, 0) is 44.9 Å². The number of aliphatic hydroxyl groups excluding tert-OH is 1. The Morgan fingerprint density at radius 3 is 1.22 bits per heavy atom. The maximum Gasteiger partial charge on any atom is 0.267 e. The molecule has 290 valence electrons. The normalized spacial score (nSPS) is 13.5. The van der Waals surface area contributed by atoms with E-state index in [9.17, 15) is 22.9 Å². The third-order valence-corrected chi connectivity index (χ3v) is 10.4. The van der Waals surface area contributed by atoms with Gasteiger partial charge in [-0.15, -0.1) is 0 Å². The zero-order valence-electron chi connectivity index (χ0n) is 32.3. The molecule has 0 saturated heterocycles. The van der Waals surface area contributed by atoms with Gasteiger partial charge in [0.15, 0.2) is 0 Å². The first-order valence-corrected chi connectivity index (χ1v) is 22.6. The highest BCUT2D eigenvalue weighted by Gasteiger charge is 2.24. The van der Waals surface area contributed by atoms with E-state index in [4.69, 9.17) is 0 Å². The monoisotopic (exact) mass is 712 g/mol. The fraction of sp³-hybridized carbons (Fsp3) is 0.881. The first-order valence-electron chi connectivity index (χ1n) is 21.0. The lowest BCUT2D eigenvalue weighted by Gasteiger charge is -2.21. The number of nitrogens with one attached hydrogen (secondary N) is 1. The third-order valence-electron chi connectivity index (χ3n) is 9.62. The van der Waals surface area contributed by atoms with Crippen molar-refractivity contribution in [3.63, 3.8) is 0 Å². The molecule has 3 N–H and O–H groups in total. The zero-order chi connectivity index (χ0) is 36.1. The van der Waals surface area contributed by atoms with Crippen molar-refractivity contribution in [3.8, 4) is 0 Å². The minimum Gasteiger partial charge on any atom is -0.387 e. The highest BCUT2D eigenvalue weighted by Crippen LogP contribution is 2.15. The number of unbranched alkanes of at least 4 members (excludes halogenated alkanes) is 28. The van der Waals surface area contributed by atoms with Crippen LogP contribution < -0.4 is 5.32 Å². The summed E-state index contributed by atoms with van der Waals surface area (Å²) in [4.78, 5) is 12.5. The van der Waals surface area contributed by atoms with Gasteiger partial charge in [-0.3, -0.25) is 9.35 Å². The van der Waals surface area contributed by atoms with E-state index in [2.05, 4.69) is 31.3 Å². The van der Waals surface area contributed by atoms with Crippen LogP contribution in [-0.2, 0) is 14.9 Å². The lowest BCUT2D eigenvalue weighted by Crippen LogP contribution is -2.46. The molecule has 7 heteroatoms. The number of aliphatic hydroxyl groups is 1. The number of carbonyl (C=O) groups is 1. The number of allylic oxidation sites excluding steroid dienone is 3. The quantitative estimate of drug-likeness (QED) is 0.0336. The first kappa shape index (κ1) is 47.8. The second-order valence-electron chi connectivity index (χ2n) is 14.6. The van der Waals surface area contributed by atoms with Gasteiger partial charge in [-0.1, -0.05) is 192 Å². The Labute approximate surface area is 304 Å². The smallest absolute Gasteiger partial charge is 0.267 e. The van der Waals surface area contributed by atoms with Crippen LogP contribution in [0.4, 0.5) is 0 Å². The van der Waals surface area contributed by atoms with Gasteiger partial charge < -0.3 is 10.4 Å². The molecule has 49 heavy (non-hydrogen) atoms. The molecule has 0 aromatic carbocycles. The van der Waals surface area contributed by atoms with Gasteiger partial charge >= 0.3 is 0 Å². The molecule has 2 atom stereocenters. The molecule has 0 bridgehead atoms. The second-order valence-corrected chi connectivity index (χ2v) is 16.1. The molecule has 6 nitrogen and oxygen atoms in total. The Bertz CT molecular complexity index is 872. The van der Waals surface area contributed by atoms with Gasteiger partial charge in [0, 0.05) is 6.42 Å². The summed E-state index contributed by atoms with van der Waals surface area (Å²) >= 11 is 0. The minimum atomic E-state index is -4.34. The standard InChI is InChI=1S/C42H81NO5S/c1-3-5-7-9-11-13-15-17-18-19-20-21-22-23-24-26-28-30-32-34-36-38-42(45)43-40(39-49(46,47)48)41(44)37-35-33-31-29-27-25-16-14-12-10-8-6-4-2/h19-20,35,37,40-41,44H,3-18,21-34,36,38-39H2,1-2H3,(H,43,45)(H,46,47,48)/b20-19-,37-35+. The molecule has 0 aliphatic carbocycles. The molecule has 0 spiro atoms. The molecule has 0 aliphatic heterocycles. The highest BCUT2D eigenvalue weighted by molar-refractivity contribution is 7.85. The Morgan fingerprint density at radius 2 is 0.857 bits per heavy atom. The van der Waals surface area contributed by atoms with Crippen molar-refractivity contribution in [1.29, 1.82) is 0 Å². The van der Waals surface area contributed by atoms with Crippen molar-refractivity contribution in [1.82, 2.24) is 5.32 Å². The zero-order valence-corrected chi connectivity index (χ0v) is 33.1. The number of amides is 1. The van der Waals surface area contributed by atoms with Crippen LogP contribution in [0.5, 0.6) is 0 Å². The minimum absolute atomic E-state index is 0.279. The van der Waals surface area contributed by atoms with E-state index >= 15 is 0 Å². The summed E-state index contributed by atoms with van der Waals surface area (Å²) in [5, 5.41) is 13.2. The summed E-state index contributed by atoms with van der Waals surface area (Å²) in [6, 6.07) is -1.05.